The first-order valence-corrected chi connectivity index (χ1v) is 7.83. The minimum absolute atomic E-state index is 0.180. The van der Waals surface area contributed by atoms with Crippen LogP contribution in [0.3, 0.4) is 0 Å². The quantitative estimate of drug-likeness (QED) is 0.858. The lowest BCUT2D eigenvalue weighted by Gasteiger charge is -2.07. The van der Waals surface area contributed by atoms with Crippen LogP contribution in [-0.2, 0) is 9.53 Å². The van der Waals surface area contributed by atoms with Gasteiger partial charge in [-0.2, -0.15) is 0 Å². The first-order chi connectivity index (χ1) is 11.4. The Morgan fingerprint density at radius 1 is 1.17 bits per heavy atom. The molecular formula is C18H15ClN2O3. The molecule has 1 aliphatic rings. The number of carbonyl (C=O) groups excluding carboxylic acids is 2. The number of nitrogens with zero attached hydrogens (tertiary/aromatic N) is 1. The van der Waals surface area contributed by atoms with Crippen molar-refractivity contribution in [2.75, 3.05) is 5.32 Å². The van der Waals surface area contributed by atoms with Crippen LogP contribution < -0.4 is 5.32 Å². The first kappa shape index (κ1) is 16.2. The first-order valence-electron chi connectivity index (χ1n) is 7.45. The van der Waals surface area contributed by atoms with Crippen molar-refractivity contribution in [1.29, 1.82) is 0 Å². The number of nitrogens with one attached hydrogen (secondary N) is 1. The number of hydrogen-bond acceptors (Lipinski definition) is 4. The molecule has 0 radical (unpaired) electrons. The number of amides is 1. The number of ether oxygens (including phenoxy) is 1. The van der Waals surface area contributed by atoms with Crippen molar-refractivity contribution in [2.45, 2.75) is 20.0 Å². The smallest absolute Gasteiger partial charge is 0.338 e. The molecule has 6 heteroatoms. The predicted molar refractivity (Wildman–Crippen MR) is 93.3 cm³/mol. The highest BCUT2D eigenvalue weighted by Crippen LogP contribution is 2.28. The van der Waals surface area contributed by atoms with E-state index in [1.807, 2.05) is 0 Å². The summed E-state index contributed by atoms with van der Waals surface area (Å²) in [5, 5.41) is 3.28. The second-order valence-corrected chi connectivity index (χ2v) is 6.04. The Morgan fingerprint density at radius 3 is 2.54 bits per heavy atom. The highest BCUT2D eigenvalue weighted by atomic mass is 35.5. The molecule has 0 atom stereocenters. The number of fused-ring (bicyclic) bond motifs is 1. The number of esters is 1. The lowest BCUT2D eigenvalue weighted by molar-refractivity contribution is -0.110. The summed E-state index contributed by atoms with van der Waals surface area (Å²) >= 11 is 5.99. The fourth-order valence-corrected chi connectivity index (χ4v) is 2.49. The monoisotopic (exact) mass is 342 g/mol. The number of aliphatic imine (C=N–C) groups is 1. The summed E-state index contributed by atoms with van der Waals surface area (Å²) in [5.41, 5.74) is 2.64. The van der Waals surface area contributed by atoms with Crippen molar-refractivity contribution in [3.05, 3.63) is 58.6 Å². The third-order valence-electron chi connectivity index (χ3n) is 3.39. The maximum absolute atomic E-state index is 12.1. The van der Waals surface area contributed by atoms with Gasteiger partial charge in [-0.05, 0) is 56.3 Å². The van der Waals surface area contributed by atoms with Gasteiger partial charge in [-0.3, -0.25) is 4.79 Å². The van der Waals surface area contributed by atoms with Crippen LogP contribution in [0, 0.1) is 0 Å². The van der Waals surface area contributed by atoms with Crippen molar-refractivity contribution in [2.24, 2.45) is 4.99 Å². The molecule has 24 heavy (non-hydrogen) atoms. The summed E-state index contributed by atoms with van der Waals surface area (Å²) in [5.74, 6) is -0.671. The molecule has 0 bridgehead atoms. The van der Waals surface area contributed by atoms with Gasteiger partial charge in [-0.15, -0.1) is 0 Å². The van der Waals surface area contributed by atoms with Crippen LogP contribution in [-0.4, -0.2) is 23.7 Å². The van der Waals surface area contributed by atoms with Crippen LogP contribution in [0.4, 0.5) is 11.4 Å². The normalized spacial score (nSPS) is 14.7. The van der Waals surface area contributed by atoms with Crippen molar-refractivity contribution in [3.8, 4) is 0 Å². The number of anilines is 1. The molecule has 5 nitrogen and oxygen atoms in total. The molecule has 3 rings (SSSR count). The third kappa shape index (κ3) is 3.31. The molecular weight excluding hydrogens is 328 g/mol. The van der Waals surface area contributed by atoms with Gasteiger partial charge in [0, 0.05) is 10.6 Å². The number of halogens is 1. The lowest BCUT2D eigenvalue weighted by Crippen LogP contribution is -2.14. The third-order valence-corrected chi connectivity index (χ3v) is 3.62. The van der Waals surface area contributed by atoms with Crippen LogP contribution in [0.15, 0.2) is 47.5 Å². The number of rotatable bonds is 3. The Hall–Kier alpha value is -2.66. The van der Waals surface area contributed by atoms with E-state index in [0.717, 1.165) is 0 Å². The number of benzene rings is 2. The molecule has 1 N–H and O–H groups in total. The van der Waals surface area contributed by atoms with Gasteiger partial charge in [0.1, 0.15) is 5.71 Å². The zero-order valence-electron chi connectivity index (χ0n) is 13.2. The van der Waals surface area contributed by atoms with E-state index < -0.39 is 0 Å². The van der Waals surface area contributed by atoms with Gasteiger partial charge in [-0.1, -0.05) is 11.6 Å². The molecule has 0 saturated carbocycles. The average molecular weight is 343 g/mol. The summed E-state index contributed by atoms with van der Waals surface area (Å²) in [4.78, 5) is 28.3. The van der Waals surface area contributed by atoms with E-state index in [4.69, 9.17) is 16.3 Å². The zero-order chi connectivity index (χ0) is 17.3. The van der Waals surface area contributed by atoms with Gasteiger partial charge in [-0.25, -0.2) is 9.79 Å². The second kappa shape index (κ2) is 6.45. The molecule has 122 valence electrons. The summed E-state index contributed by atoms with van der Waals surface area (Å²) < 4.78 is 5.13. The topological polar surface area (TPSA) is 67.8 Å². The fraction of sp³-hybridized carbons (Fsp3) is 0.167. The van der Waals surface area contributed by atoms with E-state index in [1.165, 1.54) is 0 Å². The van der Waals surface area contributed by atoms with Gasteiger partial charge >= 0.3 is 5.97 Å². The highest BCUT2D eigenvalue weighted by Gasteiger charge is 2.26. The molecule has 1 heterocycles. The Kier molecular flexibility index (Phi) is 4.36. The number of carbonyl (C=O) groups is 2. The van der Waals surface area contributed by atoms with Gasteiger partial charge in [0.15, 0.2) is 0 Å². The molecule has 0 aromatic heterocycles. The van der Waals surface area contributed by atoms with Gasteiger partial charge < -0.3 is 10.1 Å². The lowest BCUT2D eigenvalue weighted by atomic mass is 10.1. The SMILES string of the molecule is CC(C)OC(=O)c1ccc(N=C2C(=O)Nc3ccc(Cl)cc32)cc1. The maximum Gasteiger partial charge on any atom is 0.338 e. The van der Waals surface area contributed by atoms with Crippen LogP contribution in [0.2, 0.25) is 5.02 Å². The molecule has 0 saturated heterocycles. The van der Waals surface area contributed by atoms with Crippen molar-refractivity contribution in [3.63, 3.8) is 0 Å². The summed E-state index contributed by atoms with van der Waals surface area (Å²) in [7, 11) is 0. The largest absolute Gasteiger partial charge is 0.459 e. The molecule has 0 spiro atoms. The number of hydrogen-bond donors (Lipinski definition) is 1. The summed E-state index contributed by atoms with van der Waals surface area (Å²) in [6.45, 7) is 3.58. The molecule has 2 aromatic carbocycles. The highest BCUT2D eigenvalue weighted by molar-refractivity contribution is 6.54. The fourth-order valence-electron chi connectivity index (χ4n) is 2.32. The minimum Gasteiger partial charge on any atom is -0.459 e. The molecule has 0 aliphatic carbocycles. The Balaban J connectivity index is 1.89. The average Bonchev–Trinajstić information content (AvgIpc) is 2.83. The molecule has 0 fully saturated rings. The molecule has 1 aliphatic heterocycles. The maximum atomic E-state index is 12.1. The summed E-state index contributed by atoms with van der Waals surface area (Å²) in [6, 6.07) is 11.7. The van der Waals surface area contributed by atoms with Crippen LogP contribution in [0.25, 0.3) is 0 Å². The predicted octanol–water partition coefficient (Wildman–Crippen LogP) is 3.98. The van der Waals surface area contributed by atoms with Crippen molar-refractivity contribution < 1.29 is 14.3 Å². The van der Waals surface area contributed by atoms with E-state index in [0.29, 0.717) is 33.2 Å². The van der Waals surface area contributed by atoms with E-state index in [2.05, 4.69) is 10.3 Å². The standard InChI is InChI=1S/C18H15ClN2O3/c1-10(2)24-18(23)11-3-6-13(7-4-11)20-16-14-9-12(19)5-8-15(14)21-17(16)22/h3-10H,1-2H3,(H,20,21,22). The Morgan fingerprint density at radius 2 is 1.88 bits per heavy atom. The Bertz CT molecular complexity index is 842. The molecule has 2 aromatic rings. The van der Waals surface area contributed by atoms with Crippen molar-refractivity contribution in [1.82, 2.24) is 0 Å². The van der Waals surface area contributed by atoms with E-state index in [-0.39, 0.29) is 18.0 Å². The van der Waals surface area contributed by atoms with Gasteiger partial charge in [0.2, 0.25) is 0 Å². The second-order valence-electron chi connectivity index (χ2n) is 5.61. The van der Waals surface area contributed by atoms with E-state index in [1.54, 1.807) is 56.3 Å². The van der Waals surface area contributed by atoms with E-state index in [9.17, 15) is 9.59 Å². The molecule has 0 unspecified atom stereocenters. The Labute approximate surface area is 144 Å². The minimum atomic E-state index is -0.389. The van der Waals surface area contributed by atoms with E-state index >= 15 is 0 Å². The van der Waals surface area contributed by atoms with Gasteiger partial charge in [0.05, 0.1) is 23.0 Å². The van der Waals surface area contributed by atoms with Crippen LogP contribution in [0.5, 0.6) is 0 Å². The zero-order valence-corrected chi connectivity index (χ0v) is 13.9. The van der Waals surface area contributed by atoms with Crippen molar-refractivity contribution >= 4 is 40.6 Å². The van der Waals surface area contributed by atoms with Crippen LogP contribution >= 0.6 is 11.6 Å². The summed E-state index contributed by atoms with van der Waals surface area (Å²) in [6.07, 6.45) is -0.180. The van der Waals surface area contributed by atoms with Crippen LogP contribution in [0.1, 0.15) is 29.8 Å². The van der Waals surface area contributed by atoms with Gasteiger partial charge in [0.25, 0.3) is 5.91 Å². The molecule has 1 amide bonds.